The minimum absolute atomic E-state index is 0.139. The topological polar surface area (TPSA) is 67.3 Å². The molecule has 0 spiro atoms. The van der Waals surface area contributed by atoms with Gasteiger partial charge < -0.3 is 15.0 Å². The van der Waals surface area contributed by atoms with Crippen LogP contribution in [0.1, 0.15) is 29.9 Å². The third kappa shape index (κ3) is 4.85. The molecule has 0 aliphatic carbocycles. The highest BCUT2D eigenvalue weighted by Gasteiger charge is 2.16. The van der Waals surface area contributed by atoms with Gasteiger partial charge in [-0.05, 0) is 31.5 Å². The molecule has 0 saturated heterocycles. The molecule has 3 rings (SSSR count). The summed E-state index contributed by atoms with van der Waals surface area (Å²) in [6, 6.07) is 17.5. The summed E-state index contributed by atoms with van der Waals surface area (Å²) in [7, 11) is 0. The molecule has 0 bridgehead atoms. The van der Waals surface area contributed by atoms with Crippen LogP contribution in [0.4, 0.5) is 11.5 Å². The largest absolute Gasteiger partial charge is 0.492 e. The zero-order valence-corrected chi connectivity index (χ0v) is 16.1. The second-order valence-corrected chi connectivity index (χ2v) is 6.15. The molecular weight excluding hydrogens is 352 g/mol. The van der Waals surface area contributed by atoms with E-state index in [0.717, 1.165) is 17.0 Å². The van der Waals surface area contributed by atoms with Crippen LogP contribution in [0, 0.1) is 0 Å². The molecule has 144 valence electrons. The van der Waals surface area contributed by atoms with Gasteiger partial charge in [-0.15, -0.1) is 0 Å². The van der Waals surface area contributed by atoms with E-state index < -0.39 is 0 Å². The monoisotopic (exact) mass is 376 g/mol. The van der Waals surface area contributed by atoms with E-state index in [1.165, 1.54) is 6.20 Å². The molecule has 0 fully saturated rings. The highest BCUT2D eigenvalue weighted by Crippen LogP contribution is 2.26. The van der Waals surface area contributed by atoms with Crippen molar-refractivity contribution < 1.29 is 9.53 Å². The summed E-state index contributed by atoms with van der Waals surface area (Å²) in [5, 5.41) is 3.18. The van der Waals surface area contributed by atoms with Gasteiger partial charge in [0, 0.05) is 13.1 Å². The van der Waals surface area contributed by atoms with Crippen molar-refractivity contribution in [3.63, 3.8) is 0 Å². The first-order valence-corrected chi connectivity index (χ1v) is 9.35. The van der Waals surface area contributed by atoms with Crippen molar-refractivity contribution in [2.45, 2.75) is 20.4 Å². The molecule has 6 nitrogen and oxygen atoms in total. The van der Waals surface area contributed by atoms with Gasteiger partial charge in [-0.25, -0.2) is 9.97 Å². The number of nitrogens with zero attached hydrogens (tertiary/aromatic N) is 3. The minimum Gasteiger partial charge on any atom is -0.492 e. The standard InChI is InChI=1S/C22H24N4O2/c1-3-26(16-17-10-6-5-7-11-17)22(27)19-14-24-21(15-23-19)25-18-12-8-9-13-20(18)28-4-2/h5-15H,3-4,16H2,1-2H3,(H,24,25). The number of ether oxygens (including phenoxy) is 1. The lowest BCUT2D eigenvalue weighted by molar-refractivity contribution is 0.0746. The van der Waals surface area contributed by atoms with Crippen LogP contribution < -0.4 is 10.1 Å². The van der Waals surface area contributed by atoms with Gasteiger partial charge in [0.2, 0.25) is 0 Å². The molecule has 0 radical (unpaired) electrons. The lowest BCUT2D eigenvalue weighted by Gasteiger charge is -2.20. The number of carbonyl (C=O) groups excluding carboxylic acids is 1. The van der Waals surface area contributed by atoms with Gasteiger partial charge in [-0.1, -0.05) is 42.5 Å². The van der Waals surface area contributed by atoms with E-state index in [4.69, 9.17) is 4.74 Å². The molecule has 2 aromatic carbocycles. The molecule has 0 aliphatic heterocycles. The number of hydrogen-bond acceptors (Lipinski definition) is 5. The third-order valence-electron chi connectivity index (χ3n) is 4.21. The average Bonchev–Trinajstić information content (AvgIpc) is 2.74. The van der Waals surface area contributed by atoms with Gasteiger partial charge in [-0.3, -0.25) is 4.79 Å². The number of anilines is 2. The Morgan fingerprint density at radius 1 is 1.00 bits per heavy atom. The predicted molar refractivity (Wildman–Crippen MR) is 110 cm³/mol. The van der Waals surface area contributed by atoms with Crippen molar-refractivity contribution >= 4 is 17.4 Å². The molecule has 0 atom stereocenters. The molecule has 0 unspecified atom stereocenters. The number of aromatic nitrogens is 2. The first-order valence-electron chi connectivity index (χ1n) is 9.35. The minimum atomic E-state index is -0.139. The first kappa shape index (κ1) is 19.4. The van der Waals surface area contributed by atoms with Gasteiger partial charge in [0.05, 0.1) is 24.7 Å². The maximum absolute atomic E-state index is 12.8. The number of para-hydroxylation sites is 2. The first-order chi connectivity index (χ1) is 13.7. The third-order valence-corrected chi connectivity index (χ3v) is 4.21. The molecule has 1 amide bonds. The Morgan fingerprint density at radius 2 is 1.75 bits per heavy atom. The Balaban J connectivity index is 1.70. The summed E-state index contributed by atoms with van der Waals surface area (Å²) in [5.74, 6) is 1.15. The van der Waals surface area contributed by atoms with Crippen molar-refractivity contribution in [3.05, 3.63) is 78.2 Å². The van der Waals surface area contributed by atoms with E-state index in [0.29, 0.717) is 31.2 Å². The van der Waals surface area contributed by atoms with Crippen molar-refractivity contribution in [3.8, 4) is 5.75 Å². The zero-order valence-electron chi connectivity index (χ0n) is 16.1. The predicted octanol–water partition coefficient (Wildman–Crippen LogP) is 4.28. The van der Waals surface area contributed by atoms with Crippen LogP contribution in [-0.2, 0) is 6.54 Å². The van der Waals surface area contributed by atoms with Gasteiger partial charge in [-0.2, -0.15) is 0 Å². The molecule has 1 heterocycles. The van der Waals surface area contributed by atoms with Crippen LogP contribution >= 0.6 is 0 Å². The van der Waals surface area contributed by atoms with Crippen LogP contribution in [0.5, 0.6) is 5.75 Å². The lowest BCUT2D eigenvalue weighted by Crippen LogP contribution is -2.31. The van der Waals surface area contributed by atoms with E-state index in [-0.39, 0.29) is 5.91 Å². The quantitative estimate of drug-likeness (QED) is 0.635. The van der Waals surface area contributed by atoms with Gasteiger partial charge >= 0.3 is 0 Å². The van der Waals surface area contributed by atoms with Crippen molar-refractivity contribution in [1.82, 2.24) is 14.9 Å². The summed E-state index contributed by atoms with van der Waals surface area (Å²) in [5.41, 5.74) is 2.20. The van der Waals surface area contributed by atoms with Gasteiger partial charge in [0.15, 0.2) is 0 Å². The van der Waals surface area contributed by atoms with Gasteiger partial charge in [0.1, 0.15) is 17.3 Å². The Morgan fingerprint density at radius 3 is 2.43 bits per heavy atom. The summed E-state index contributed by atoms with van der Waals surface area (Å²) < 4.78 is 5.60. The van der Waals surface area contributed by atoms with Crippen LogP contribution in [0.25, 0.3) is 0 Å². The lowest BCUT2D eigenvalue weighted by atomic mass is 10.2. The number of amides is 1. The number of hydrogen-bond donors (Lipinski definition) is 1. The Bertz CT molecular complexity index is 898. The smallest absolute Gasteiger partial charge is 0.274 e. The van der Waals surface area contributed by atoms with Crippen LogP contribution in [0.15, 0.2) is 67.0 Å². The maximum Gasteiger partial charge on any atom is 0.274 e. The summed E-state index contributed by atoms with van der Waals surface area (Å²) in [4.78, 5) is 23.2. The van der Waals surface area contributed by atoms with Crippen LogP contribution in [0.3, 0.4) is 0 Å². The maximum atomic E-state index is 12.8. The fourth-order valence-corrected chi connectivity index (χ4v) is 2.79. The molecule has 0 saturated carbocycles. The Hall–Kier alpha value is -3.41. The van der Waals surface area contributed by atoms with E-state index >= 15 is 0 Å². The van der Waals surface area contributed by atoms with E-state index in [1.54, 1.807) is 11.1 Å². The number of rotatable bonds is 8. The van der Waals surface area contributed by atoms with Crippen LogP contribution in [0.2, 0.25) is 0 Å². The molecule has 1 aromatic heterocycles. The summed E-state index contributed by atoms with van der Waals surface area (Å²) in [6.45, 7) is 5.60. The average molecular weight is 376 g/mol. The fraction of sp³-hybridized carbons (Fsp3) is 0.227. The van der Waals surface area contributed by atoms with E-state index in [1.807, 2.05) is 68.4 Å². The van der Waals surface area contributed by atoms with Crippen molar-refractivity contribution in [2.24, 2.45) is 0 Å². The second kappa shape index (κ2) is 9.50. The molecule has 3 aromatic rings. The summed E-state index contributed by atoms with van der Waals surface area (Å²) in [6.07, 6.45) is 3.06. The molecule has 0 aliphatic rings. The van der Waals surface area contributed by atoms with E-state index in [2.05, 4.69) is 15.3 Å². The fourth-order valence-electron chi connectivity index (χ4n) is 2.79. The molecular formula is C22H24N4O2. The molecule has 1 N–H and O–H groups in total. The SMILES string of the molecule is CCOc1ccccc1Nc1cnc(C(=O)N(CC)Cc2ccccc2)cn1. The molecule has 28 heavy (non-hydrogen) atoms. The highest BCUT2D eigenvalue weighted by molar-refractivity contribution is 5.92. The molecule has 6 heteroatoms. The number of nitrogens with one attached hydrogen (secondary N) is 1. The normalized spacial score (nSPS) is 10.4. The van der Waals surface area contributed by atoms with Crippen molar-refractivity contribution in [1.29, 1.82) is 0 Å². The second-order valence-electron chi connectivity index (χ2n) is 6.15. The Kier molecular flexibility index (Phi) is 6.57. The van der Waals surface area contributed by atoms with E-state index in [9.17, 15) is 4.79 Å². The number of carbonyl (C=O) groups is 1. The van der Waals surface area contributed by atoms with Crippen LogP contribution in [-0.4, -0.2) is 33.9 Å². The van der Waals surface area contributed by atoms with Gasteiger partial charge in [0.25, 0.3) is 5.91 Å². The Labute approximate surface area is 165 Å². The zero-order chi connectivity index (χ0) is 19.8. The summed E-state index contributed by atoms with van der Waals surface area (Å²) >= 11 is 0. The number of benzene rings is 2. The highest BCUT2D eigenvalue weighted by atomic mass is 16.5. The van der Waals surface area contributed by atoms with Crippen molar-refractivity contribution in [2.75, 3.05) is 18.5 Å².